The molecule has 2 rings (SSSR count). The van der Waals surface area contributed by atoms with Crippen LogP contribution in [0.2, 0.25) is 0 Å². The van der Waals surface area contributed by atoms with E-state index in [1.54, 1.807) is 0 Å². The highest BCUT2D eigenvalue weighted by Crippen LogP contribution is 2.16. The molecule has 1 heterocycles. The minimum atomic E-state index is 0.149. The molecule has 19 heavy (non-hydrogen) atoms. The molecular formula is C14H19N3O2. The third kappa shape index (κ3) is 3.79. The zero-order valence-electron chi connectivity index (χ0n) is 11.1. The van der Waals surface area contributed by atoms with Gasteiger partial charge in [-0.25, -0.2) is 0 Å². The van der Waals surface area contributed by atoms with Gasteiger partial charge in [-0.2, -0.15) is 4.98 Å². The predicted octanol–water partition coefficient (Wildman–Crippen LogP) is 2.14. The van der Waals surface area contributed by atoms with Gasteiger partial charge in [-0.1, -0.05) is 30.3 Å². The van der Waals surface area contributed by atoms with E-state index in [1.807, 2.05) is 30.3 Å². The second-order valence-corrected chi connectivity index (χ2v) is 4.30. The maximum Gasteiger partial charge on any atom is 0.231 e. The van der Waals surface area contributed by atoms with Crippen molar-refractivity contribution in [1.29, 1.82) is 0 Å². The first-order valence-corrected chi connectivity index (χ1v) is 6.54. The second kappa shape index (κ2) is 6.89. The third-order valence-corrected chi connectivity index (χ3v) is 2.95. The lowest BCUT2D eigenvalue weighted by atomic mass is 10.1. The van der Waals surface area contributed by atoms with Gasteiger partial charge in [0.1, 0.15) is 5.75 Å². The molecule has 102 valence electrons. The molecule has 1 atom stereocenters. The van der Waals surface area contributed by atoms with Crippen LogP contribution in [0.25, 0.3) is 0 Å². The Morgan fingerprint density at radius 3 is 2.79 bits per heavy atom. The van der Waals surface area contributed by atoms with Crippen molar-refractivity contribution in [3.05, 3.63) is 42.0 Å². The number of nitrogens with two attached hydrogens (primary N) is 1. The Labute approximate surface area is 112 Å². The zero-order valence-corrected chi connectivity index (χ0v) is 11.1. The molecule has 0 bridgehead atoms. The second-order valence-electron chi connectivity index (χ2n) is 4.30. The summed E-state index contributed by atoms with van der Waals surface area (Å²) in [6, 6.07) is 9.67. The lowest BCUT2D eigenvalue weighted by molar-refractivity contribution is 0.312. The van der Waals surface area contributed by atoms with E-state index >= 15 is 0 Å². The van der Waals surface area contributed by atoms with E-state index in [0.29, 0.717) is 31.3 Å². The van der Waals surface area contributed by atoms with Gasteiger partial charge in [-0.15, -0.1) is 0 Å². The fraction of sp³-hybridized carbons (Fsp3) is 0.429. The van der Waals surface area contributed by atoms with Gasteiger partial charge >= 0.3 is 0 Å². The number of ether oxygens (including phenoxy) is 1. The van der Waals surface area contributed by atoms with Gasteiger partial charge in [0.15, 0.2) is 5.82 Å². The predicted molar refractivity (Wildman–Crippen MR) is 72.0 cm³/mol. The number of hydrogen-bond acceptors (Lipinski definition) is 5. The van der Waals surface area contributed by atoms with Crippen LogP contribution < -0.4 is 10.5 Å². The molecule has 0 radical (unpaired) electrons. The van der Waals surface area contributed by atoms with Crippen LogP contribution in [0.5, 0.6) is 5.75 Å². The summed E-state index contributed by atoms with van der Waals surface area (Å²) in [7, 11) is 0. The lowest BCUT2D eigenvalue weighted by Gasteiger charge is -2.04. The molecule has 1 unspecified atom stereocenters. The van der Waals surface area contributed by atoms with Crippen molar-refractivity contribution in [2.75, 3.05) is 13.2 Å². The number of benzene rings is 1. The average molecular weight is 261 g/mol. The molecule has 0 spiro atoms. The summed E-state index contributed by atoms with van der Waals surface area (Å²) in [6.45, 7) is 3.11. The molecule has 0 saturated carbocycles. The van der Waals surface area contributed by atoms with E-state index in [-0.39, 0.29) is 5.92 Å². The number of hydrogen-bond donors (Lipinski definition) is 1. The molecule has 0 saturated heterocycles. The fourth-order valence-electron chi connectivity index (χ4n) is 1.75. The van der Waals surface area contributed by atoms with Gasteiger partial charge in [0, 0.05) is 13.0 Å². The Balaban J connectivity index is 1.83. The summed E-state index contributed by atoms with van der Waals surface area (Å²) in [5.74, 6) is 2.29. The Hall–Kier alpha value is -1.88. The standard InChI is InChI=1S/C14H19N3O2/c1-2-11(10-15)14-16-13(17-19-14)8-9-18-12-6-4-3-5-7-12/h3-7,11H,2,8-10,15H2,1H3. The quantitative estimate of drug-likeness (QED) is 0.826. The Morgan fingerprint density at radius 1 is 1.32 bits per heavy atom. The first-order valence-electron chi connectivity index (χ1n) is 6.54. The summed E-state index contributed by atoms with van der Waals surface area (Å²) in [5.41, 5.74) is 5.65. The highest BCUT2D eigenvalue weighted by molar-refractivity contribution is 5.20. The smallest absolute Gasteiger partial charge is 0.231 e. The van der Waals surface area contributed by atoms with Crippen LogP contribution in [-0.2, 0) is 6.42 Å². The first kappa shape index (κ1) is 13.5. The van der Waals surface area contributed by atoms with Crippen molar-refractivity contribution >= 4 is 0 Å². The Morgan fingerprint density at radius 2 is 2.11 bits per heavy atom. The van der Waals surface area contributed by atoms with Crippen LogP contribution in [-0.4, -0.2) is 23.3 Å². The minimum absolute atomic E-state index is 0.149. The van der Waals surface area contributed by atoms with Gasteiger partial charge in [-0.3, -0.25) is 0 Å². The summed E-state index contributed by atoms with van der Waals surface area (Å²) in [5, 5.41) is 3.94. The van der Waals surface area contributed by atoms with Gasteiger partial charge in [0.05, 0.1) is 12.5 Å². The maximum absolute atomic E-state index is 5.65. The van der Waals surface area contributed by atoms with Crippen molar-refractivity contribution in [3.8, 4) is 5.75 Å². The summed E-state index contributed by atoms with van der Waals surface area (Å²) >= 11 is 0. The first-order chi connectivity index (χ1) is 9.33. The topological polar surface area (TPSA) is 74.2 Å². The van der Waals surface area contributed by atoms with Crippen molar-refractivity contribution in [1.82, 2.24) is 10.1 Å². The Bertz CT molecular complexity index is 480. The molecule has 0 fully saturated rings. The van der Waals surface area contributed by atoms with Crippen LogP contribution in [0, 0.1) is 0 Å². The normalized spacial score (nSPS) is 12.3. The van der Waals surface area contributed by atoms with Crippen molar-refractivity contribution in [2.24, 2.45) is 5.73 Å². The number of para-hydroxylation sites is 1. The molecule has 5 heteroatoms. The molecule has 0 aliphatic rings. The van der Waals surface area contributed by atoms with E-state index in [9.17, 15) is 0 Å². The van der Waals surface area contributed by atoms with E-state index in [1.165, 1.54) is 0 Å². The van der Waals surface area contributed by atoms with Gasteiger partial charge in [-0.05, 0) is 18.6 Å². The Kier molecular flexibility index (Phi) is 4.92. The number of aromatic nitrogens is 2. The minimum Gasteiger partial charge on any atom is -0.493 e. The van der Waals surface area contributed by atoms with E-state index in [4.69, 9.17) is 15.0 Å². The van der Waals surface area contributed by atoms with Gasteiger partial charge < -0.3 is 15.0 Å². The van der Waals surface area contributed by atoms with Crippen molar-refractivity contribution in [2.45, 2.75) is 25.7 Å². The third-order valence-electron chi connectivity index (χ3n) is 2.95. The van der Waals surface area contributed by atoms with Crippen LogP contribution in [0.4, 0.5) is 0 Å². The van der Waals surface area contributed by atoms with E-state index < -0.39 is 0 Å². The molecule has 5 nitrogen and oxygen atoms in total. The zero-order chi connectivity index (χ0) is 13.5. The molecule has 0 amide bonds. The van der Waals surface area contributed by atoms with Crippen molar-refractivity contribution in [3.63, 3.8) is 0 Å². The summed E-state index contributed by atoms with van der Waals surface area (Å²) in [4.78, 5) is 4.35. The highest BCUT2D eigenvalue weighted by Gasteiger charge is 2.15. The van der Waals surface area contributed by atoms with E-state index in [0.717, 1.165) is 12.2 Å². The molecule has 2 aromatic rings. The van der Waals surface area contributed by atoms with Gasteiger partial charge in [0.2, 0.25) is 5.89 Å². The molecule has 0 aliphatic heterocycles. The molecule has 2 N–H and O–H groups in total. The summed E-state index contributed by atoms with van der Waals surface area (Å²) in [6.07, 6.45) is 1.53. The monoisotopic (exact) mass is 261 g/mol. The molecule has 0 aliphatic carbocycles. The summed E-state index contributed by atoms with van der Waals surface area (Å²) < 4.78 is 10.8. The van der Waals surface area contributed by atoms with Crippen LogP contribution in [0.15, 0.2) is 34.9 Å². The molecular weight excluding hydrogens is 242 g/mol. The maximum atomic E-state index is 5.65. The fourth-order valence-corrected chi connectivity index (χ4v) is 1.75. The van der Waals surface area contributed by atoms with E-state index in [2.05, 4.69) is 17.1 Å². The number of nitrogens with zero attached hydrogens (tertiary/aromatic N) is 2. The average Bonchev–Trinajstić information content (AvgIpc) is 2.90. The number of rotatable bonds is 7. The highest BCUT2D eigenvalue weighted by atomic mass is 16.5. The largest absolute Gasteiger partial charge is 0.493 e. The van der Waals surface area contributed by atoms with Crippen LogP contribution in [0.1, 0.15) is 31.0 Å². The lowest BCUT2D eigenvalue weighted by Crippen LogP contribution is -2.12. The molecule has 1 aromatic carbocycles. The van der Waals surface area contributed by atoms with Crippen LogP contribution >= 0.6 is 0 Å². The molecule has 1 aromatic heterocycles. The van der Waals surface area contributed by atoms with Crippen LogP contribution in [0.3, 0.4) is 0 Å². The SMILES string of the molecule is CCC(CN)c1nc(CCOc2ccccc2)no1. The van der Waals surface area contributed by atoms with Crippen molar-refractivity contribution < 1.29 is 9.26 Å². The van der Waals surface area contributed by atoms with Gasteiger partial charge in [0.25, 0.3) is 0 Å².